The highest BCUT2D eigenvalue weighted by Crippen LogP contribution is 2.28. The number of furan rings is 1. The van der Waals surface area contributed by atoms with Crippen molar-refractivity contribution in [2.45, 2.75) is 20.3 Å². The van der Waals surface area contributed by atoms with Crippen molar-refractivity contribution in [1.29, 1.82) is 0 Å². The molecular weight excluding hydrogens is 300 g/mol. The molecule has 22 heavy (non-hydrogen) atoms. The maximum absolute atomic E-state index is 12.2. The number of hydrogen-bond acceptors (Lipinski definition) is 3. The Morgan fingerprint density at radius 2 is 2.14 bits per heavy atom. The first-order valence-electron chi connectivity index (χ1n) is 6.92. The van der Waals surface area contributed by atoms with Crippen LogP contribution in [-0.4, -0.2) is 10.9 Å². The normalized spacial score (nSPS) is 10.9. The first-order valence-corrected chi connectivity index (χ1v) is 7.30. The summed E-state index contributed by atoms with van der Waals surface area (Å²) in [4.78, 5) is 16.4. The van der Waals surface area contributed by atoms with E-state index in [0.717, 1.165) is 27.8 Å². The van der Waals surface area contributed by atoms with Crippen molar-refractivity contribution in [3.8, 4) is 0 Å². The van der Waals surface area contributed by atoms with Gasteiger partial charge >= 0.3 is 0 Å². The molecule has 2 heterocycles. The zero-order chi connectivity index (χ0) is 15.7. The molecule has 0 aliphatic carbocycles. The van der Waals surface area contributed by atoms with Crippen LogP contribution in [0.15, 0.2) is 41.0 Å². The van der Waals surface area contributed by atoms with Crippen molar-refractivity contribution in [3.63, 3.8) is 0 Å². The molecule has 4 nitrogen and oxygen atoms in total. The molecule has 0 bridgehead atoms. The summed E-state index contributed by atoms with van der Waals surface area (Å²) in [5.74, 6) is 0.407. The maximum Gasteiger partial charge on any atom is 0.230 e. The average Bonchev–Trinajstić information content (AvgIpc) is 2.81. The van der Waals surface area contributed by atoms with E-state index in [1.807, 2.05) is 38.1 Å². The number of fused-ring (bicyclic) bond motifs is 1. The quantitative estimate of drug-likeness (QED) is 0.785. The number of aromatic nitrogens is 1. The monoisotopic (exact) mass is 314 g/mol. The summed E-state index contributed by atoms with van der Waals surface area (Å²) in [6.45, 7) is 3.80. The number of carbonyl (C=O) groups excluding carboxylic acids is 1. The van der Waals surface area contributed by atoms with Gasteiger partial charge in [-0.3, -0.25) is 4.79 Å². The average molecular weight is 315 g/mol. The summed E-state index contributed by atoms with van der Waals surface area (Å²) in [5, 5.41) is 4.31. The molecule has 112 valence electrons. The second-order valence-electron chi connectivity index (χ2n) is 5.25. The van der Waals surface area contributed by atoms with Crippen LogP contribution in [0.25, 0.3) is 11.0 Å². The number of halogens is 1. The summed E-state index contributed by atoms with van der Waals surface area (Å²) >= 11 is 6.15. The van der Waals surface area contributed by atoms with Gasteiger partial charge in [-0.1, -0.05) is 17.7 Å². The number of carbonyl (C=O) groups is 1. The van der Waals surface area contributed by atoms with Crippen LogP contribution in [-0.2, 0) is 11.2 Å². The summed E-state index contributed by atoms with van der Waals surface area (Å²) in [5.41, 5.74) is 3.35. The lowest BCUT2D eigenvalue weighted by molar-refractivity contribution is -0.115. The Morgan fingerprint density at radius 3 is 2.91 bits per heavy atom. The lowest BCUT2D eigenvalue weighted by Gasteiger charge is -2.04. The van der Waals surface area contributed by atoms with E-state index in [0.29, 0.717) is 10.8 Å². The number of rotatable bonds is 3. The Labute approximate surface area is 133 Å². The van der Waals surface area contributed by atoms with Crippen LogP contribution >= 0.6 is 11.6 Å². The van der Waals surface area contributed by atoms with Gasteiger partial charge in [-0.2, -0.15) is 0 Å². The number of nitrogens with one attached hydrogen (secondary N) is 1. The fourth-order valence-electron chi connectivity index (χ4n) is 2.31. The number of hydrogen-bond donors (Lipinski definition) is 1. The van der Waals surface area contributed by atoms with Crippen LogP contribution < -0.4 is 5.32 Å². The lowest BCUT2D eigenvalue weighted by atomic mass is 10.1. The molecular formula is C17H15ClN2O2. The van der Waals surface area contributed by atoms with E-state index in [2.05, 4.69) is 10.3 Å². The van der Waals surface area contributed by atoms with E-state index < -0.39 is 0 Å². The minimum Gasteiger partial charge on any atom is -0.464 e. The fourth-order valence-corrected chi connectivity index (χ4v) is 2.47. The molecule has 0 aliphatic heterocycles. The van der Waals surface area contributed by atoms with E-state index in [4.69, 9.17) is 16.0 Å². The van der Waals surface area contributed by atoms with E-state index in [1.54, 1.807) is 12.3 Å². The Morgan fingerprint density at radius 1 is 1.32 bits per heavy atom. The zero-order valence-electron chi connectivity index (χ0n) is 12.3. The number of aryl methyl sites for hydroxylation is 2. The van der Waals surface area contributed by atoms with Crippen molar-refractivity contribution >= 4 is 34.3 Å². The minimum atomic E-state index is -0.141. The molecule has 1 amide bonds. The molecule has 0 saturated heterocycles. The third-order valence-electron chi connectivity index (χ3n) is 3.44. The molecule has 5 heteroatoms. The standard InChI is InChI=1S/C17H15ClN2O2/c1-10-6-15-13(8-14(10)18)12(9-22-15)7-17(21)20-16-5-3-4-11(2)19-16/h3-6,8-9H,7H2,1-2H3,(H,19,20,21). The van der Waals surface area contributed by atoms with Crippen molar-refractivity contribution in [2.24, 2.45) is 0 Å². The van der Waals surface area contributed by atoms with Crippen LogP contribution in [0.5, 0.6) is 0 Å². The molecule has 0 spiro atoms. The van der Waals surface area contributed by atoms with Gasteiger partial charge in [-0.05, 0) is 43.7 Å². The topological polar surface area (TPSA) is 55.1 Å². The largest absolute Gasteiger partial charge is 0.464 e. The second kappa shape index (κ2) is 5.81. The summed E-state index contributed by atoms with van der Waals surface area (Å²) < 4.78 is 5.50. The Bertz CT molecular complexity index is 855. The van der Waals surface area contributed by atoms with Crippen molar-refractivity contribution in [1.82, 2.24) is 4.98 Å². The summed E-state index contributed by atoms with van der Waals surface area (Å²) in [6.07, 6.45) is 1.81. The smallest absolute Gasteiger partial charge is 0.230 e. The van der Waals surface area contributed by atoms with Gasteiger partial charge in [-0.15, -0.1) is 0 Å². The molecule has 0 saturated carbocycles. The van der Waals surface area contributed by atoms with Crippen LogP contribution in [0.4, 0.5) is 5.82 Å². The van der Waals surface area contributed by atoms with Gasteiger partial charge in [0.25, 0.3) is 0 Å². The Balaban J connectivity index is 1.81. The molecule has 3 rings (SSSR count). The fraction of sp³-hybridized carbons (Fsp3) is 0.176. The van der Waals surface area contributed by atoms with Crippen LogP contribution in [0, 0.1) is 13.8 Å². The molecule has 2 aromatic heterocycles. The van der Waals surface area contributed by atoms with Crippen LogP contribution in [0.1, 0.15) is 16.8 Å². The van der Waals surface area contributed by atoms with Crippen LogP contribution in [0.3, 0.4) is 0 Å². The highest BCUT2D eigenvalue weighted by Gasteiger charge is 2.12. The number of pyridine rings is 1. The molecule has 0 aliphatic rings. The molecule has 1 aromatic carbocycles. The first-order chi connectivity index (χ1) is 10.5. The Hall–Kier alpha value is -2.33. The van der Waals surface area contributed by atoms with E-state index in [9.17, 15) is 4.79 Å². The lowest BCUT2D eigenvalue weighted by Crippen LogP contribution is -2.15. The maximum atomic E-state index is 12.2. The van der Waals surface area contributed by atoms with Gasteiger partial charge in [0, 0.05) is 21.7 Å². The summed E-state index contributed by atoms with van der Waals surface area (Å²) in [6, 6.07) is 9.21. The van der Waals surface area contributed by atoms with Crippen molar-refractivity contribution < 1.29 is 9.21 Å². The van der Waals surface area contributed by atoms with Gasteiger partial charge in [0.1, 0.15) is 11.4 Å². The molecule has 0 atom stereocenters. The third-order valence-corrected chi connectivity index (χ3v) is 3.85. The van der Waals surface area contributed by atoms with E-state index in [-0.39, 0.29) is 12.3 Å². The predicted molar refractivity (Wildman–Crippen MR) is 87.3 cm³/mol. The predicted octanol–water partition coefficient (Wildman–Crippen LogP) is 4.28. The van der Waals surface area contributed by atoms with Crippen LogP contribution in [0.2, 0.25) is 5.02 Å². The number of nitrogens with zero attached hydrogens (tertiary/aromatic N) is 1. The van der Waals surface area contributed by atoms with Crippen molar-refractivity contribution in [2.75, 3.05) is 5.32 Å². The van der Waals surface area contributed by atoms with Gasteiger partial charge in [0.05, 0.1) is 12.7 Å². The van der Waals surface area contributed by atoms with Gasteiger partial charge in [0.2, 0.25) is 5.91 Å². The van der Waals surface area contributed by atoms with E-state index >= 15 is 0 Å². The molecule has 0 radical (unpaired) electrons. The second-order valence-corrected chi connectivity index (χ2v) is 5.65. The SMILES string of the molecule is Cc1cccc(NC(=O)Cc2coc3cc(C)c(Cl)cc23)n1. The minimum absolute atomic E-state index is 0.141. The summed E-state index contributed by atoms with van der Waals surface area (Å²) in [7, 11) is 0. The molecule has 0 unspecified atom stereocenters. The van der Waals surface area contributed by atoms with E-state index in [1.165, 1.54) is 0 Å². The zero-order valence-corrected chi connectivity index (χ0v) is 13.1. The molecule has 0 fully saturated rings. The molecule has 3 aromatic rings. The highest BCUT2D eigenvalue weighted by atomic mass is 35.5. The molecule has 1 N–H and O–H groups in total. The first kappa shape index (κ1) is 14.6. The number of amides is 1. The third kappa shape index (κ3) is 2.97. The number of anilines is 1. The van der Waals surface area contributed by atoms with Gasteiger partial charge in [0.15, 0.2) is 0 Å². The van der Waals surface area contributed by atoms with Crippen molar-refractivity contribution in [3.05, 3.63) is 58.4 Å². The Kier molecular flexibility index (Phi) is 3.86. The van der Waals surface area contributed by atoms with Gasteiger partial charge < -0.3 is 9.73 Å². The highest BCUT2D eigenvalue weighted by molar-refractivity contribution is 6.32. The number of benzene rings is 1. The van der Waals surface area contributed by atoms with Gasteiger partial charge in [-0.25, -0.2) is 4.98 Å².